The predicted octanol–water partition coefficient (Wildman–Crippen LogP) is 12.3. The molecule has 7 aliphatic rings. The van der Waals surface area contributed by atoms with E-state index in [1.54, 1.807) is 122 Å². The maximum atomic E-state index is 4.93. The van der Waals surface area contributed by atoms with Crippen LogP contribution in [0.25, 0.3) is 0 Å². The Labute approximate surface area is 263 Å². The molecule has 10 unspecified atom stereocenters. The molecule has 0 spiro atoms. The van der Waals surface area contributed by atoms with E-state index < -0.39 is 20.8 Å². The maximum absolute atomic E-state index is 4.93. The Morgan fingerprint density at radius 1 is 0.641 bits per heavy atom. The first-order valence-electron chi connectivity index (χ1n) is 17.2. The van der Waals surface area contributed by atoms with Crippen molar-refractivity contribution in [3.05, 3.63) is 14.9 Å². The van der Waals surface area contributed by atoms with Crippen molar-refractivity contribution in [2.75, 3.05) is 0 Å². The summed E-state index contributed by atoms with van der Waals surface area (Å²) >= 11 is -0.826. The van der Waals surface area contributed by atoms with Gasteiger partial charge in [0.15, 0.2) is 0 Å². The number of hydrogen-bond acceptors (Lipinski definition) is 0. The van der Waals surface area contributed by atoms with Crippen LogP contribution in [-0.2, 0) is 20.8 Å². The van der Waals surface area contributed by atoms with Gasteiger partial charge in [0.25, 0.3) is 0 Å². The summed E-state index contributed by atoms with van der Waals surface area (Å²) in [5, 5.41) is 0. The minimum atomic E-state index is -0.826. The van der Waals surface area contributed by atoms with Crippen molar-refractivity contribution in [3.63, 3.8) is 0 Å². The molecular weight excluding hydrogens is 595 g/mol. The van der Waals surface area contributed by atoms with Crippen LogP contribution in [0.4, 0.5) is 0 Å². The SMILES string of the molecule is CCCCC1CCC(C2(C3C4CCC5CCCCC5C4C4C5CCCCC5CCC43)CCC2)C1.[CH3-].[CH3-].[Cl][Zr+2][Cl]. The zero-order valence-electron chi connectivity index (χ0n) is 26.0. The van der Waals surface area contributed by atoms with Crippen molar-refractivity contribution >= 4 is 17.0 Å². The first-order valence-corrected chi connectivity index (χ1v) is 23.5. The molecule has 0 nitrogen and oxygen atoms in total. The van der Waals surface area contributed by atoms with Crippen LogP contribution in [0.1, 0.15) is 142 Å². The van der Waals surface area contributed by atoms with Gasteiger partial charge in [0.2, 0.25) is 0 Å². The van der Waals surface area contributed by atoms with Crippen molar-refractivity contribution in [2.24, 2.45) is 70.5 Å². The molecule has 7 rings (SSSR count). The number of rotatable bonds is 5. The van der Waals surface area contributed by atoms with Gasteiger partial charge in [-0.3, -0.25) is 0 Å². The van der Waals surface area contributed by atoms with E-state index in [1.165, 1.54) is 24.7 Å². The summed E-state index contributed by atoms with van der Waals surface area (Å²) in [4.78, 5) is 0. The monoisotopic (exact) mass is 654 g/mol. The topological polar surface area (TPSA) is 0 Å². The van der Waals surface area contributed by atoms with Crippen LogP contribution in [0.5, 0.6) is 0 Å². The molecule has 0 heterocycles. The van der Waals surface area contributed by atoms with Crippen LogP contribution in [0.15, 0.2) is 0 Å². The van der Waals surface area contributed by atoms with E-state index >= 15 is 0 Å². The molecule has 224 valence electrons. The molecule has 0 aromatic rings. The molecule has 39 heavy (non-hydrogen) atoms. The van der Waals surface area contributed by atoms with Crippen LogP contribution in [-0.4, -0.2) is 0 Å². The van der Waals surface area contributed by atoms with Crippen LogP contribution in [0, 0.1) is 85.4 Å². The molecule has 0 N–H and O–H groups in total. The van der Waals surface area contributed by atoms with E-state index in [0.29, 0.717) is 0 Å². The van der Waals surface area contributed by atoms with Gasteiger partial charge in [-0.15, -0.1) is 0 Å². The Hall–Kier alpha value is 1.46. The standard InChI is InChI=1S/C34H56.2CH3.2ClH.Zr/c1-2-3-9-23-14-17-26(22-23)34(20-8-21-34)33-29-18-15-24-10-4-6-12-27(24)31(29)32-28-13-7-5-11-25(28)16-19-30(32)33;;;;;/h23-33H,2-22H2,1H3;2*1H3;2*1H;/q;2*-1;;;+4/p-2. The molecule has 3 heteroatoms. The Kier molecular flexibility index (Phi) is 12.8. The van der Waals surface area contributed by atoms with Gasteiger partial charge in [0.1, 0.15) is 0 Å². The molecule has 0 amide bonds. The summed E-state index contributed by atoms with van der Waals surface area (Å²) in [6.45, 7) is 2.40. The van der Waals surface area contributed by atoms with Crippen molar-refractivity contribution in [3.8, 4) is 0 Å². The number of halogens is 2. The first kappa shape index (κ1) is 33.4. The van der Waals surface area contributed by atoms with E-state index in [9.17, 15) is 0 Å². The van der Waals surface area contributed by atoms with E-state index in [1.807, 2.05) is 0 Å². The number of unbranched alkanes of at least 4 members (excludes halogenated alkanes) is 1. The Morgan fingerprint density at radius 3 is 1.67 bits per heavy atom. The van der Waals surface area contributed by atoms with Gasteiger partial charge in [-0.25, -0.2) is 0 Å². The number of fused-ring (bicyclic) bond motifs is 7. The zero-order chi connectivity index (χ0) is 25.4. The molecule has 7 saturated carbocycles. The van der Waals surface area contributed by atoms with Gasteiger partial charge in [0, 0.05) is 0 Å². The molecule has 0 bridgehead atoms. The van der Waals surface area contributed by atoms with Gasteiger partial charge in [-0.05, 0) is 135 Å². The second-order valence-corrected chi connectivity index (χ2v) is 19.0. The average molecular weight is 657 g/mol. The summed E-state index contributed by atoms with van der Waals surface area (Å²) in [7, 11) is 9.87. The van der Waals surface area contributed by atoms with Gasteiger partial charge in [0.05, 0.1) is 0 Å². The summed E-state index contributed by atoms with van der Waals surface area (Å²) < 4.78 is 0. The van der Waals surface area contributed by atoms with Crippen LogP contribution < -0.4 is 0 Å². The van der Waals surface area contributed by atoms with Crippen molar-refractivity contribution in [1.29, 1.82) is 0 Å². The molecule has 0 aromatic heterocycles. The minimum absolute atomic E-state index is 0. The second-order valence-electron chi connectivity index (χ2n) is 15.3. The third kappa shape index (κ3) is 6.21. The number of hydrogen-bond donors (Lipinski definition) is 0. The van der Waals surface area contributed by atoms with Crippen molar-refractivity contribution in [2.45, 2.75) is 142 Å². The molecule has 7 fully saturated rings. The molecule has 7 aliphatic carbocycles. The Bertz CT molecular complexity index is 698. The molecule has 0 radical (unpaired) electrons. The predicted molar refractivity (Wildman–Crippen MR) is 168 cm³/mol. The van der Waals surface area contributed by atoms with Gasteiger partial charge < -0.3 is 14.9 Å². The fourth-order valence-corrected chi connectivity index (χ4v) is 13.1. The normalized spacial score (nSPS) is 45.3. The fourth-order valence-electron chi connectivity index (χ4n) is 13.1. The summed E-state index contributed by atoms with van der Waals surface area (Å²) in [6, 6.07) is 0. The molecule has 10 atom stereocenters. The van der Waals surface area contributed by atoms with E-state index in [0.717, 1.165) is 58.7 Å². The second kappa shape index (κ2) is 15.0. The fraction of sp³-hybridized carbons (Fsp3) is 0.944. The Morgan fingerprint density at radius 2 is 1.18 bits per heavy atom. The first-order chi connectivity index (χ1) is 18.2. The molecule has 0 saturated heterocycles. The van der Waals surface area contributed by atoms with Crippen LogP contribution in [0.2, 0.25) is 0 Å². The third-order valence-corrected chi connectivity index (χ3v) is 14.3. The van der Waals surface area contributed by atoms with Crippen LogP contribution in [0.3, 0.4) is 0 Å². The van der Waals surface area contributed by atoms with Crippen molar-refractivity contribution in [1.82, 2.24) is 0 Å². The van der Waals surface area contributed by atoms with Gasteiger partial charge in [-0.1, -0.05) is 77.6 Å². The molecule has 0 aromatic carbocycles. The average Bonchev–Trinajstić information content (AvgIpc) is 3.51. The summed E-state index contributed by atoms with van der Waals surface area (Å²) in [5.74, 6) is 12.6. The Balaban J connectivity index is 0.000000677. The van der Waals surface area contributed by atoms with E-state index in [4.69, 9.17) is 17.0 Å². The third-order valence-electron chi connectivity index (χ3n) is 14.3. The quantitative estimate of drug-likeness (QED) is 0.258. The molecular formula is C36H62Cl2Zr. The van der Waals surface area contributed by atoms with E-state index in [2.05, 4.69) is 6.92 Å². The summed E-state index contributed by atoms with van der Waals surface area (Å²) in [6.07, 6.45) is 33.6. The van der Waals surface area contributed by atoms with E-state index in [-0.39, 0.29) is 14.9 Å². The van der Waals surface area contributed by atoms with Crippen molar-refractivity contribution < 1.29 is 20.8 Å². The van der Waals surface area contributed by atoms with Gasteiger partial charge in [-0.2, -0.15) is 0 Å². The zero-order valence-corrected chi connectivity index (χ0v) is 29.9. The van der Waals surface area contributed by atoms with Gasteiger partial charge >= 0.3 is 37.9 Å². The summed E-state index contributed by atoms with van der Waals surface area (Å²) in [5.41, 5.74) is 0.812. The molecule has 0 aliphatic heterocycles. The van der Waals surface area contributed by atoms with Crippen LogP contribution >= 0.6 is 17.0 Å².